The Bertz CT molecular complexity index is 1460. The lowest BCUT2D eigenvalue weighted by molar-refractivity contribution is -0.113. The summed E-state index contributed by atoms with van der Waals surface area (Å²) in [5.41, 5.74) is 2.32. The number of hydrogen-bond donors (Lipinski definition) is 1. The van der Waals surface area contributed by atoms with Crippen LogP contribution in [0.3, 0.4) is 0 Å². The first-order chi connectivity index (χ1) is 18.3. The zero-order chi connectivity index (χ0) is 27.2. The minimum atomic E-state index is -0.597. The van der Waals surface area contributed by atoms with Crippen molar-refractivity contribution < 1.29 is 23.5 Å². The molecule has 0 saturated carbocycles. The number of aromatic nitrogens is 3. The molecule has 0 atom stereocenters. The van der Waals surface area contributed by atoms with Crippen molar-refractivity contribution in [2.45, 2.75) is 32.2 Å². The summed E-state index contributed by atoms with van der Waals surface area (Å²) in [5, 5.41) is 14.5. The molecule has 2 aromatic heterocycles. The molecule has 0 aliphatic heterocycles. The number of hydrogen-bond acceptors (Lipinski definition) is 8. The average Bonchev–Trinajstić information content (AvgIpc) is 3.50. The van der Waals surface area contributed by atoms with Gasteiger partial charge >= 0.3 is 5.97 Å². The van der Waals surface area contributed by atoms with Gasteiger partial charge in [0.1, 0.15) is 28.7 Å². The summed E-state index contributed by atoms with van der Waals surface area (Å²) < 4.78 is 26.1. The molecule has 8 nitrogen and oxygen atoms in total. The minimum absolute atomic E-state index is 0.0413. The Hall–Kier alpha value is -3.41. The first-order valence-electron chi connectivity index (χ1n) is 11.5. The van der Waals surface area contributed by atoms with Crippen LogP contribution in [0.25, 0.3) is 11.1 Å². The summed E-state index contributed by atoms with van der Waals surface area (Å²) in [6.07, 6.45) is 0. The summed E-state index contributed by atoms with van der Waals surface area (Å²) in [7, 11) is 1.27. The van der Waals surface area contributed by atoms with E-state index in [4.69, 9.17) is 21.1 Å². The van der Waals surface area contributed by atoms with Crippen molar-refractivity contribution in [3.05, 3.63) is 75.6 Å². The lowest BCUT2D eigenvalue weighted by Gasteiger charge is -2.11. The fourth-order valence-corrected chi connectivity index (χ4v) is 5.68. The number of benzene rings is 2. The Balaban J connectivity index is 1.43. The largest absolute Gasteiger partial charge is 0.485 e. The molecule has 12 heteroatoms. The van der Waals surface area contributed by atoms with Gasteiger partial charge in [0.05, 0.1) is 12.9 Å². The Labute approximate surface area is 232 Å². The van der Waals surface area contributed by atoms with E-state index in [2.05, 4.69) is 15.5 Å². The van der Waals surface area contributed by atoms with Gasteiger partial charge in [0.2, 0.25) is 5.91 Å². The number of anilines is 1. The van der Waals surface area contributed by atoms with Crippen LogP contribution in [0.2, 0.25) is 5.02 Å². The molecule has 2 aromatic carbocycles. The van der Waals surface area contributed by atoms with Crippen LogP contribution in [0.4, 0.5) is 9.39 Å². The average molecular weight is 575 g/mol. The van der Waals surface area contributed by atoms with E-state index in [1.807, 2.05) is 24.5 Å². The number of halogens is 2. The SMILES string of the molecule is CCn1c(COc2ccc(Cl)cc2C)nnc1SCC(=O)Nc1scc(-c2ccc(F)cc2)c1C(=O)OC. The molecule has 2 heterocycles. The second-order valence-corrected chi connectivity index (χ2v) is 10.3. The highest BCUT2D eigenvalue weighted by molar-refractivity contribution is 7.99. The number of nitrogens with one attached hydrogen (secondary N) is 1. The number of carbonyl (C=O) groups is 2. The van der Waals surface area contributed by atoms with Crippen molar-refractivity contribution in [3.8, 4) is 16.9 Å². The predicted molar refractivity (Wildman–Crippen MR) is 147 cm³/mol. The van der Waals surface area contributed by atoms with E-state index < -0.39 is 5.97 Å². The molecule has 0 saturated heterocycles. The topological polar surface area (TPSA) is 95.3 Å². The monoisotopic (exact) mass is 574 g/mol. The second-order valence-electron chi connectivity index (χ2n) is 8.03. The fraction of sp³-hybridized carbons (Fsp3) is 0.231. The molecular formula is C26H24ClFN4O4S2. The highest BCUT2D eigenvalue weighted by Gasteiger charge is 2.23. The lowest BCUT2D eigenvalue weighted by atomic mass is 10.0. The lowest BCUT2D eigenvalue weighted by Crippen LogP contribution is -2.16. The Morgan fingerprint density at radius 2 is 1.95 bits per heavy atom. The number of thioether (sulfide) groups is 1. The highest BCUT2D eigenvalue weighted by Crippen LogP contribution is 2.36. The number of rotatable bonds is 10. The van der Waals surface area contributed by atoms with Gasteiger partial charge < -0.3 is 19.4 Å². The van der Waals surface area contributed by atoms with Crippen LogP contribution in [0.15, 0.2) is 53.0 Å². The van der Waals surface area contributed by atoms with Crippen LogP contribution in [-0.2, 0) is 22.7 Å². The summed E-state index contributed by atoms with van der Waals surface area (Å²) in [4.78, 5) is 25.3. The maximum atomic E-state index is 13.4. The Kier molecular flexibility index (Phi) is 9.03. The van der Waals surface area contributed by atoms with E-state index in [1.165, 1.54) is 42.3 Å². The van der Waals surface area contributed by atoms with Crippen molar-refractivity contribution in [2.75, 3.05) is 18.2 Å². The van der Waals surface area contributed by atoms with E-state index in [1.54, 1.807) is 29.6 Å². The fourth-order valence-electron chi connectivity index (χ4n) is 3.66. The minimum Gasteiger partial charge on any atom is -0.485 e. The van der Waals surface area contributed by atoms with Crippen molar-refractivity contribution in [1.82, 2.24) is 14.8 Å². The zero-order valence-electron chi connectivity index (χ0n) is 20.8. The molecule has 1 amide bonds. The molecule has 38 heavy (non-hydrogen) atoms. The summed E-state index contributed by atoms with van der Waals surface area (Å²) in [6, 6.07) is 11.1. The maximum Gasteiger partial charge on any atom is 0.341 e. The van der Waals surface area contributed by atoms with Crippen LogP contribution >= 0.6 is 34.7 Å². The molecule has 4 aromatic rings. The van der Waals surface area contributed by atoms with Crippen molar-refractivity contribution >= 4 is 51.6 Å². The molecule has 0 aliphatic rings. The van der Waals surface area contributed by atoms with Gasteiger partial charge in [-0.15, -0.1) is 21.5 Å². The number of nitrogens with zero attached hydrogens (tertiary/aromatic N) is 3. The molecule has 0 unspecified atom stereocenters. The van der Waals surface area contributed by atoms with E-state index in [-0.39, 0.29) is 29.6 Å². The van der Waals surface area contributed by atoms with Crippen LogP contribution in [-0.4, -0.2) is 39.5 Å². The molecule has 0 bridgehead atoms. The van der Waals surface area contributed by atoms with E-state index in [9.17, 15) is 14.0 Å². The molecule has 0 spiro atoms. The molecule has 198 valence electrons. The number of ether oxygens (including phenoxy) is 2. The Morgan fingerprint density at radius 3 is 2.63 bits per heavy atom. The molecule has 0 radical (unpaired) electrons. The molecule has 1 N–H and O–H groups in total. The maximum absolute atomic E-state index is 13.4. The van der Waals surface area contributed by atoms with Gasteiger partial charge in [0.25, 0.3) is 0 Å². The van der Waals surface area contributed by atoms with Gasteiger partial charge in [-0.25, -0.2) is 9.18 Å². The van der Waals surface area contributed by atoms with E-state index in [0.717, 1.165) is 5.56 Å². The standard InChI is InChI=1S/C26H24ClFN4O4S2/c1-4-32-21(12-36-20-10-7-17(27)11-15(20)2)30-31-26(32)38-14-22(33)29-24-23(25(34)35-3)19(13-37-24)16-5-8-18(28)9-6-16/h5-11,13H,4,12,14H2,1-3H3,(H,29,33). The number of carbonyl (C=O) groups excluding carboxylic acids is 2. The predicted octanol–water partition coefficient (Wildman–Crippen LogP) is 6.22. The van der Waals surface area contributed by atoms with Gasteiger partial charge in [-0.1, -0.05) is 35.5 Å². The third kappa shape index (κ3) is 6.35. The van der Waals surface area contributed by atoms with E-state index >= 15 is 0 Å². The Morgan fingerprint density at radius 1 is 1.18 bits per heavy atom. The van der Waals surface area contributed by atoms with Crippen LogP contribution in [0, 0.1) is 12.7 Å². The van der Waals surface area contributed by atoms with Gasteiger partial charge in [-0.3, -0.25) is 4.79 Å². The van der Waals surface area contributed by atoms with Gasteiger partial charge in [0, 0.05) is 22.5 Å². The quantitative estimate of drug-likeness (QED) is 0.177. The first-order valence-corrected chi connectivity index (χ1v) is 13.7. The van der Waals surface area contributed by atoms with Crippen molar-refractivity contribution in [2.24, 2.45) is 0 Å². The number of aryl methyl sites for hydroxylation is 1. The third-order valence-corrected chi connectivity index (χ3v) is 7.62. The normalized spacial score (nSPS) is 10.9. The zero-order valence-corrected chi connectivity index (χ0v) is 23.2. The number of esters is 1. The molecule has 4 rings (SSSR count). The van der Waals surface area contributed by atoms with Crippen LogP contribution in [0.1, 0.15) is 28.7 Å². The summed E-state index contributed by atoms with van der Waals surface area (Å²) in [5.74, 6) is 0.0576. The molecule has 0 fully saturated rings. The smallest absolute Gasteiger partial charge is 0.341 e. The van der Waals surface area contributed by atoms with Crippen molar-refractivity contribution in [3.63, 3.8) is 0 Å². The highest BCUT2D eigenvalue weighted by atomic mass is 35.5. The number of thiophene rings is 1. The summed E-state index contributed by atoms with van der Waals surface area (Å²) >= 11 is 8.43. The third-order valence-electron chi connectivity index (χ3n) is 5.52. The van der Waals surface area contributed by atoms with Gasteiger partial charge in [-0.05, 0) is 55.3 Å². The molecular weight excluding hydrogens is 551 g/mol. The van der Waals surface area contributed by atoms with Gasteiger partial charge in [0.15, 0.2) is 11.0 Å². The van der Waals surface area contributed by atoms with Crippen LogP contribution < -0.4 is 10.1 Å². The first kappa shape index (κ1) is 27.6. The van der Waals surface area contributed by atoms with E-state index in [0.29, 0.717) is 44.4 Å². The second kappa shape index (κ2) is 12.4. The van der Waals surface area contributed by atoms with Gasteiger partial charge in [-0.2, -0.15) is 0 Å². The molecule has 0 aliphatic carbocycles. The number of amides is 1. The number of methoxy groups -OCH3 is 1. The van der Waals surface area contributed by atoms with Crippen molar-refractivity contribution in [1.29, 1.82) is 0 Å². The van der Waals surface area contributed by atoms with Crippen LogP contribution in [0.5, 0.6) is 5.75 Å². The summed E-state index contributed by atoms with van der Waals surface area (Å²) in [6.45, 7) is 4.66.